The van der Waals surface area contributed by atoms with Crippen molar-refractivity contribution >= 4 is 23.4 Å². The molecule has 0 unspecified atom stereocenters. The van der Waals surface area contributed by atoms with Crippen molar-refractivity contribution in [3.8, 4) is 0 Å². The van der Waals surface area contributed by atoms with Crippen molar-refractivity contribution in [2.45, 2.75) is 54.8 Å². The standard InChI is InChI=1S/C19H22ClN3S/c20-16-3-1-12(2-4-16)11-24-18-21-17(22-23-18)19-8-13-5-14(9-19)7-15(6-13)10-19/h1-4,13-15H,5-11H2,(H,21,22,23). The van der Waals surface area contributed by atoms with E-state index in [0.717, 1.165) is 33.7 Å². The van der Waals surface area contributed by atoms with Gasteiger partial charge in [-0.2, -0.15) is 0 Å². The van der Waals surface area contributed by atoms with Crippen LogP contribution < -0.4 is 0 Å². The molecule has 6 rings (SSSR count). The summed E-state index contributed by atoms with van der Waals surface area (Å²) in [5.74, 6) is 4.86. The predicted octanol–water partition coefficient (Wildman–Crippen LogP) is 5.22. The van der Waals surface area contributed by atoms with Gasteiger partial charge in [0.2, 0.25) is 5.16 Å². The smallest absolute Gasteiger partial charge is 0.208 e. The molecule has 2 aromatic rings. The SMILES string of the molecule is Clc1ccc(CSc2n[nH]c(C34CC5CC(CC(C5)C3)C4)n2)cc1. The number of benzene rings is 1. The molecule has 0 aliphatic heterocycles. The summed E-state index contributed by atoms with van der Waals surface area (Å²) in [5, 5.41) is 9.48. The lowest BCUT2D eigenvalue weighted by atomic mass is 9.49. The van der Waals surface area contributed by atoms with E-state index in [4.69, 9.17) is 16.6 Å². The molecule has 0 spiro atoms. The second-order valence-corrected chi connectivity index (χ2v) is 9.46. The van der Waals surface area contributed by atoms with E-state index < -0.39 is 0 Å². The second-order valence-electron chi connectivity index (χ2n) is 8.08. The van der Waals surface area contributed by atoms with Crippen LogP contribution in [0.4, 0.5) is 0 Å². The monoisotopic (exact) mass is 359 g/mol. The van der Waals surface area contributed by atoms with Crippen LogP contribution in [0.2, 0.25) is 5.02 Å². The number of hydrogen-bond acceptors (Lipinski definition) is 3. The maximum atomic E-state index is 5.95. The van der Waals surface area contributed by atoms with E-state index in [1.165, 1.54) is 49.9 Å². The van der Waals surface area contributed by atoms with Gasteiger partial charge < -0.3 is 0 Å². The number of hydrogen-bond donors (Lipinski definition) is 1. The van der Waals surface area contributed by atoms with Crippen molar-refractivity contribution < 1.29 is 0 Å². The molecule has 5 heteroatoms. The highest BCUT2D eigenvalue weighted by atomic mass is 35.5. The van der Waals surface area contributed by atoms with E-state index in [-0.39, 0.29) is 0 Å². The van der Waals surface area contributed by atoms with Crippen LogP contribution >= 0.6 is 23.4 Å². The van der Waals surface area contributed by atoms with Crippen molar-refractivity contribution in [1.82, 2.24) is 15.2 Å². The average molecular weight is 360 g/mol. The molecule has 4 fully saturated rings. The maximum absolute atomic E-state index is 5.95. The van der Waals surface area contributed by atoms with Gasteiger partial charge in [-0.05, 0) is 74.0 Å². The highest BCUT2D eigenvalue weighted by Crippen LogP contribution is 2.60. The molecule has 1 N–H and O–H groups in total. The van der Waals surface area contributed by atoms with Crippen LogP contribution in [-0.2, 0) is 11.2 Å². The van der Waals surface area contributed by atoms with Gasteiger partial charge in [0.15, 0.2) is 0 Å². The molecule has 1 aromatic carbocycles. The summed E-state index contributed by atoms with van der Waals surface area (Å²) < 4.78 is 0. The highest BCUT2D eigenvalue weighted by Gasteiger charge is 2.53. The quantitative estimate of drug-likeness (QED) is 0.761. The molecule has 3 nitrogen and oxygen atoms in total. The van der Waals surface area contributed by atoms with Crippen LogP contribution in [0, 0.1) is 17.8 Å². The number of aromatic amines is 1. The van der Waals surface area contributed by atoms with Gasteiger partial charge in [-0.25, -0.2) is 4.98 Å². The summed E-state index contributed by atoms with van der Waals surface area (Å²) in [6.07, 6.45) is 8.38. The number of rotatable bonds is 4. The molecule has 1 heterocycles. The van der Waals surface area contributed by atoms with Gasteiger partial charge in [-0.15, -0.1) is 5.10 Å². The zero-order chi connectivity index (χ0) is 16.1. The van der Waals surface area contributed by atoms with Gasteiger partial charge in [0.1, 0.15) is 5.82 Å². The van der Waals surface area contributed by atoms with E-state index in [0.29, 0.717) is 5.41 Å². The number of aromatic nitrogens is 3. The Balaban J connectivity index is 1.31. The van der Waals surface area contributed by atoms with E-state index in [9.17, 15) is 0 Å². The van der Waals surface area contributed by atoms with Crippen LogP contribution in [-0.4, -0.2) is 15.2 Å². The molecule has 0 atom stereocenters. The number of halogens is 1. The molecule has 24 heavy (non-hydrogen) atoms. The van der Waals surface area contributed by atoms with Gasteiger partial charge in [0.05, 0.1) is 0 Å². The van der Waals surface area contributed by atoms with E-state index >= 15 is 0 Å². The van der Waals surface area contributed by atoms with Crippen molar-refractivity contribution in [3.63, 3.8) is 0 Å². The van der Waals surface area contributed by atoms with Crippen molar-refractivity contribution in [1.29, 1.82) is 0 Å². The van der Waals surface area contributed by atoms with Gasteiger partial charge >= 0.3 is 0 Å². The van der Waals surface area contributed by atoms with E-state index in [1.54, 1.807) is 11.8 Å². The Hall–Kier alpha value is -1.00. The normalized spacial score (nSPS) is 34.0. The molecule has 4 aliphatic carbocycles. The minimum atomic E-state index is 0.306. The third-order valence-electron chi connectivity index (χ3n) is 6.29. The van der Waals surface area contributed by atoms with Gasteiger partial charge in [0, 0.05) is 16.2 Å². The van der Waals surface area contributed by atoms with Crippen molar-refractivity contribution in [2.24, 2.45) is 17.8 Å². The van der Waals surface area contributed by atoms with E-state index in [1.807, 2.05) is 12.1 Å². The van der Waals surface area contributed by atoms with Crippen LogP contribution in [0.5, 0.6) is 0 Å². The Morgan fingerprint density at radius 3 is 2.29 bits per heavy atom. The second kappa shape index (κ2) is 5.77. The van der Waals surface area contributed by atoms with Crippen molar-refractivity contribution in [2.75, 3.05) is 0 Å². The Bertz CT molecular complexity index is 704. The first kappa shape index (κ1) is 15.3. The number of H-pyrrole nitrogens is 1. The molecule has 0 saturated heterocycles. The first-order chi connectivity index (χ1) is 11.7. The Morgan fingerprint density at radius 1 is 1.04 bits per heavy atom. The molecule has 0 amide bonds. The number of nitrogens with zero attached hydrogens (tertiary/aromatic N) is 2. The number of thioether (sulfide) groups is 1. The summed E-state index contributed by atoms with van der Waals surface area (Å²) in [7, 11) is 0. The average Bonchev–Trinajstić information content (AvgIpc) is 3.03. The lowest BCUT2D eigenvalue weighted by molar-refractivity contribution is -0.00931. The molecule has 4 bridgehead atoms. The molecular formula is C19H22ClN3S. The summed E-state index contributed by atoms with van der Waals surface area (Å²) in [6, 6.07) is 8.02. The lowest BCUT2D eigenvalue weighted by Gasteiger charge is -2.55. The fourth-order valence-electron chi connectivity index (χ4n) is 5.68. The highest BCUT2D eigenvalue weighted by molar-refractivity contribution is 7.98. The summed E-state index contributed by atoms with van der Waals surface area (Å²) in [5.41, 5.74) is 1.56. The van der Waals surface area contributed by atoms with Gasteiger partial charge in [-0.1, -0.05) is 35.5 Å². The van der Waals surface area contributed by atoms with Gasteiger partial charge in [-0.3, -0.25) is 5.10 Å². The third-order valence-corrected chi connectivity index (χ3v) is 7.46. The zero-order valence-electron chi connectivity index (χ0n) is 13.7. The van der Waals surface area contributed by atoms with Crippen LogP contribution in [0.3, 0.4) is 0 Å². The largest absolute Gasteiger partial charge is 0.262 e. The molecule has 1 aromatic heterocycles. The lowest BCUT2D eigenvalue weighted by Crippen LogP contribution is -2.49. The minimum absolute atomic E-state index is 0.306. The summed E-state index contributed by atoms with van der Waals surface area (Å²) >= 11 is 7.65. The Morgan fingerprint density at radius 2 is 1.67 bits per heavy atom. The Kier molecular flexibility index (Phi) is 3.67. The third kappa shape index (κ3) is 2.68. The molecule has 4 saturated carbocycles. The first-order valence-electron chi connectivity index (χ1n) is 8.99. The predicted molar refractivity (Wildman–Crippen MR) is 97.2 cm³/mol. The van der Waals surface area contributed by atoms with Crippen molar-refractivity contribution in [3.05, 3.63) is 40.7 Å². The molecule has 126 valence electrons. The Labute approximate surface area is 152 Å². The van der Waals surface area contributed by atoms with Crippen LogP contribution in [0.15, 0.2) is 29.4 Å². The van der Waals surface area contributed by atoms with Crippen LogP contribution in [0.1, 0.15) is 49.9 Å². The topological polar surface area (TPSA) is 41.6 Å². The molecule has 4 aliphatic rings. The fourth-order valence-corrected chi connectivity index (χ4v) is 6.56. The fraction of sp³-hybridized carbons (Fsp3) is 0.579. The van der Waals surface area contributed by atoms with E-state index in [2.05, 4.69) is 22.3 Å². The number of nitrogens with one attached hydrogen (secondary N) is 1. The zero-order valence-corrected chi connectivity index (χ0v) is 15.2. The molecular weight excluding hydrogens is 338 g/mol. The van der Waals surface area contributed by atoms with Gasteiger partial charge in [0.25, 0.3) is 0 Å². The summed E-state index contributed by atoms with van der Waals surface area (Å²) in [4.78, 5) is 4.90. The first-order valence-corrected chi connectivity index (χ1v) is 10.3. The minimum Gasteiger partial charge on any atom is -0.262 e. The maximum Gasteiger partial charge on any atom is 0.208 e. The summed E-state index contributed by atoms with van der Waals surface area (Å²) in [6.45, 7) is 0. The van der Waals surface area contributed by atoms with Crippen LogP contribution in [0.25, 0.3) is 0 Å². The molecule has 0 radical (unpaired) electrons.